The molecule has 0 bridgehead atoms. The number of anilines is 1. The van der Waals surface area contributed by atoms with E-state index < -0.39 is 17.8 Å². The van der Waals surface area contributed by atoms with Crippen molar-refractivity contribution in [3.8, 4) is 0 Å². The average Bonchev–Trinajstić information content (AvgIpc) is 2.45. The normalized spacial score (nSPS) is 22.5. The highest BCUT2D eigenvalue weighted by atomic mass is 19.4. The van der Waals surface area contributed by atoms with Crippen molar-refractivity contribution in [2.24, 2.45) is 5.92 Å². The Balaban J connectivity index is 2.00. The van der Waals surface area contributed by atoms with Crippen LogP contribution in [0.5, 0.6) is 0 Å². The molecule has 0 aromatic carbocycles. The molecule has 0 spiro atoms. The van der Waals surface area contributed by atoms with E-state index in [2.05, 4.69) is 10.3 Å². The molecule has 2 unspecified atom stereocenters. The van der Waals surface area contributed by atoms with E-state index >= 15 is 0 Å². The molecule has 2 N–H and O–H groups in total. The molecule has 2 heterocycles. The highest BCUT2D eigenvalue weighted by Crippen LogP contribution is 2.29. The van der Waals surface area contributed by atoms with Crippen molar-refractivity contribution < 1.29 is 23.1 Å². The van der Waals surface area contributed by atoms with Crippen LogP contribution in [-0.2, 0) is 6.18 Å². The van der Waals surface area contributed by atoms with Crippen molar-refractivity contribution in [2.45, 2.75) is 32.0 Å². The molecule has 1 aliphatic heterocycles. The van der Waals surface area contributed by atoms with E-state index in [1.54, 1.807) is 0 Å². The third-order valence-corrected chi connectivity index (χ3v) is 3.94. The molecule has 0 saturated carbocycles. The molecule has 122 valence electrons. The van der Waals surface area contributed by atoms with Gasteiger partial charge in [0.2, 0.25) is 0 Å². The summed E-state index contributed by atoms with van der Waals surface area (Å²) in [5.74, 6) is 0.489. The second-order valence-corrected chi connectivity index (χ2v) is 5.47. The summed E-state index contributed by atoms with van der Waals surface area (Å²) in [5, 5.41) is 12.1. The first-order valence-electron chi connectivity index (χ1n) is 7.05. The van der Waals surface area contributed by atoms with Crippen LogP contribution in [0.3, 0.4) is 0 Å². The molecule has 2 atom stereocenters. The van der Waals surface area contributed by atoms with Crippen LogP contribution < -0.4 is 5.32 Å². The Morgan fingerprint density at radius 3 is 2.77 bits per heavy atom. The smallest absolute Gasteiger partial charge is 0.417 e. The minimum absolute atomic E-state index is 0.187. The second kappa shape index (κ2) is 6.41. The highest BCUT2D eigenvalue weighted by Gasteiger charge is 2.32. The summed E-state index contributed by atoms with van der Waals surface area (Å²) in [4.78, 5) is 16.3. The van der Waals surface area contributed by atoms with Crippen LogP contribution in [0.1, 0.15) is 25.3 Å². The number of carboxylic acid groups (broad SMARTS) is 1. The van der Waals surface area contributed by atoms with E-state index in [0.717, 1.165) is 25.1 Å². The monoisotopic (exact) mass is 317 g/mol. The number of nitrogens with zero attached hydrogens (tertiary/aromatic N) is 2. The minimum Gasteiger partial charge on any atom is -0.465 e. The zero-order valence-corrected chi connectivity index (χ0v) is 12.1. The van der Waals surface area contributed by atoms with Crippen LogP contribution in [0.15, 0.2) is 18.3 Å². The number of aromatic nitrogens is 1. The number of pyridine rings is 1. The average molecular weight is 317 g/mol. The fraction of sp³-hybridized carbons (Fsp3) is 0.571. The Bertz CT molecular complexity index is 519. The van der Waals surface area contributed by atoms with Gasteiger partial charge in [-0.25, -0.2) is 9.78 Å². The standard InChI is InChI=1S/C14H18F3N3O2/c1-9-3-2-6-20(13(21)22)11(9)8-19-12-5-4-10(7-18-12)14(15,16)17/h4-5,7,9,11H,2-3,6,8H2,1H3,(H,18,19)(H,21,22). The van der Waals surface area contributed by atoms with Gasteiger partial charge in [0.25, 0.3) is 0 Å². The number of likely N-dealkylation sites (tertiary alicyclic amines) is 1. The van der Waals surface area contributed by atoms with Gasteiger partial charge in [0.05, 0.1) is 11.6 Å². The number of piperidine rings is 1. The molecule has 0 aliphatic carbocycles. The van der Waals surface area contributed by atoms with Gasteiger partial charge in [0.15, 0.2) is 0 Å². The van der Waals surface area contributed by atoms with Gasteiger partial charge in [-0.2, -0.15) is 13.2 Å². The maximum absolute atomic E-state index is 12.5. The van der Waals surface area contributed by atoms with Gasteiger partial charge in [-0.15, -0.1) is 0 Å². The van der Waals surface area contributed by atoms with Crippen molar-refractivity contribution in [3.05, 3.63) is 23.9 Å². The molecule has 1 amide bonds. The summed E-state index contributed by atoms with van der Waals surface area (Å²) in [7, 11) is 0. The number of hydrogen-bond donors (Lipinski definition) is 2. The fourth-order valence-electron chi connectivity index (χ4n) is 2.67. The van der Waals surface area contributed by atoms with Gasteiger partial charge in [-0.3, -0.25) is 0 Å². The van der Waals surface area contributed by atoms with E-state index in [1.165, 1.54) is 11.0 Å². The number of rotatable bonds is 3. The van der Waals surface area contributed by atoms with Crippen LogP contribution in [-0.4, -0.2) is 40.2 Å². The summed E-state index contributed by atoms with van der Waals surface area (Å²) in [5.41, 5.74) is -0.809. The van der Waals surface area contributed by atoms with Crippen LogP contribution in [0.25, 0.3) is 0 Å². The molecule has 22 heavy (non-hydrogen) atoms. The molecule has 1 aliphatic rings. The molecule has 0 radical (unpaired) electrons. The lowest BCUT2D eigenvalue weighted by molar-refractivity contribution is -0.137. The number of halogens is 3. The summed E-state index contributed by atoms with van der Waals surface area (Å²) in [6.45, 7) is 2.78. The van der Waals surface area contributed by atoms with Gasteiger partial charge in [0, 0.05) is 19.3 Å². The molecule has 2 rings (SSSR count). The Kier molecular flexibility index (Phi) is 4.77. The van der Waals surface area contributed by atoms with Gasteiger partial charge in [-0.1, -0.05) is 6.92 Å². The van der Waals surface area contributed by atoms with E-state index in [1.807, 2.05) is 6.92 Å². The fourth-order valence-corrected chi connectivity index (χ4v) is 2.67. The van der Waals surface area contributed by atoms with Crippen LogP contribution in [0.2, 0.25) is 0 Å². The first-order valence-corrected chi connectivity index (χ1v) is 7.05. The number of nitrogens with one attached hydrogen (secondary N) is 1. The molecular formula is C14H18F3N3O2. The lowest BCUT2D eigenvalue weighted by atomic mass is 9.91. The quantitative estimate of drug-likeness (QED) is 0.898. The Morgan fingerprint density at radius 2 is 2.23 bits per heavy atom. The SMILES string of the molecule is CC1CCCN(C(=O)O)C1CNc1ccc(C(F)(F)F)cn1. The van der Waals surface area contributed by atoms with E-state index in [9.17, 15) is 23.1 Å². The third kappa shape index (κ3) is 3.80. The van der Waals surface area contributed by atoms with Crippen molar-refractivity contribution in [2.75, 3.05) is 18.4 Å². The molecule has 8 heteroatoms. The first kappa shape index (κ1) is 16.4. The third-order valence-electron chi connectivity index (χ3n) is 3.94. The summed E-state index contributed by atoms with van der Waals surface area (Å²) >= 11 is 0. The molecule has 1 aromatic heterocycles. The Hall–Kier alpha value is -1.99. The second-order valence-electron chi connectivity index (χ2n) is 5.47. The number of alkyl halides is 3. The van der Waals surface area contributed by atoms with Gasteiger partial charge in [0.1, 0.15) is 5.82 Å². The van der Waals surface area contributed by atoms with Gasteiger partial charge < -0.3 is 15.3 Å². The maximum Gasteiger partial charge on any atom is 0.417 e. The molecule has 1 fully saturated rings. The summed E-state index contributed by atoms with van der Waals surface area (Å²) in [6, 6.07) is 1.99. The van der Waals surface area contributed by atoms with E-state index in [4.69, 9.17) is 0 Å². The zero-order chi connectivity index (χ0) is 16.3. The topological polar surface area (TPSA) is 65.5 Å². The zero-order valence-electron chi connectivity index (χ0n) is 12.1. The number of carbonyl (C=O) groups is 1. The van der Waals surface area contributed by atoms with Crippen molar-refractivity contribution >= 4 is 11.9 Å². The first-order chi connectivity index (χ1) is 10.3. The van der Waals surface area contributed by atoms with Gasteiger partial charge in [-0.05, 0) is 30.9 Å². The molecule has 5 nitrogen and oxygen atoms in total. The number of amides is 1. The van der Waals surface area contributed by atoms with E-state index in [-0.39, 0.29) is 12.0 Å². The highest BCUT2D eigenvalue weighted by molar-refractivity contribution is 5.65. The van der Waals surface area contributed by atoms with Gasteiger partial charge >= 0.3 is 12.3 Å². The Morgan fingerprint density at radius 1 is 1.50 bits per heavy atom. The molecule has 1 saturated heterocycles. The van der Waals surface area contributed by atoms with Crippen molar-refractivity contribution in [1.29, 1.82) is 0 Å². The van der Waals surface area contributed by atoms with E-state index in [0.29, 0.717) is 18.9 Å². The van der Waals surface area contributed by atoms with Crippen molar-refractivity contribution in [3.63, 3.8) is 0 Å². The Labute approximate surface area is 126 Å². The lowest BCUT2D eigenvalue weighted by Crippen LogP contribution is -2.50. The van der Waals surface area contributed by atoms with Crippen molar-refractivity contribution in [1.82, 2.24) is 9.88 Å². The number of hydrogen-bond acceptors (Lipinski definition) is 3. The van der Waals surface area contributed by atoms with Crippen LogP contribution >= 0.6 is 0 Å². The minimum atomic E-state index is -4.41. The summed E-state index contributed by atoms with van der Waals surface area (Å²) < 4.78 is 37.4. The predicted molar refractivity (Wildman–Crippen MR) is 74.6 cm³/mol. The largest absolute Gasteiger partial charge is 0.465 e. The summed E-state index contributed by atoms with van der Waals surface area (Å²) in [6.07, 6.45) is -2.87. The predicted octanol–water partition coefficient (Wildman–Crippen LogP) is 3.29. The molecular weight excluding hydrogens is 299 g/mol. The van der Waals surface area contributed by atoms with Crippen LogP contribution in [0, 0.1) is 5.92 Å². The maximum atomic E-state index is 12.5. The lowest BCUT2D eigenvalue weighted by Gasteiger charge is -2.38. The van der Waals surface area contributed by atoms with Crippen LogP contribution in [0.4, 0.5) is 23.8 Å². The molecule has 1 aromatic rings.